The largest absolute Gasteiger partial charge is 0.485 e. The van der Waals surface area contributed by atoms with E-state index in [1.807, 2.05) is 31.2 Å². The summed E-state index contributed by atoms with van der Waals surface area (Å²) in [5.74, 6) is 0.417. The number of ether oxygens (including phenoxy) is 1. The molecule has 0 bridgehead atoms. The standard InChI is InChI=1S/C26H20ClN5O4/c1-16-14-21(29-31(16)22-7-4-3-6-20(22)27)24-17(2)28-25-23(8-5-13-30(25)26(24)33)36-15-18-9-11-19(12-10-18)32(34)35/h3-14H,15H2,1-2H3. The fourth-order valence-electron chi connectivity index (χ4n) is 3.99. The molecule has 0 radical (unpaired) electrons. The van der Waals surface area contributed by atoms with E-state index in [1.54, 1.807) is 48.1 Å². The number of nitro groups is 1. The number of nitrogens with zero attached hydrogens (tertiary/aromatic N) is 5. The summed E-state index contributed by atoms with van der Waals surface area (Å²) in [4.78, 5) is 28.6. The molecule has 180 valence electrons. The second kappa shape index (κ2) is 9.27. The fourth-order valence-corrected chi connectivity index (χ4v) is 4.21. The van der Waals surface area contributed by atoms with E-state index in [-0.39, 0.29) is 17.9 Å². The van der Waals surface area contributed by atoms with Crippen LogP contribution in [-0.4, -0.2) is 24.1 Å². The van der Waals surface area contributed by atoms with Crippen LogP contribution in [0.2, 0.25) is 5.02 Å². The summed E-state index contributed by atoms with van der Waals surface area (Å²) < 4.78 is 9.06. The van der Waals surface area contributed by atoms with Crippen LogP contribution >= 0.6 is 11.6 Å². The summed E-state index contributed by atoms with van der Waals surface area (Å²) in [6.45, 7) is 3.81. The van der Waals surface area contributed by atoms with Crippen molar-refractivity contribution in [3.05, 3.63) is 115 Å². The molecule has 10 heteroatoms. The predicted molar refractivity (Wildman–Crippen MR) is 136 cm³/mol. The number of halogens is 1. The SMILES string of the molecule is Cc1nc2c(OCc3ccc([N+](=O)[O-])cc3)cccn2c(=O)c1-c1cc(C)n(-c2ccccc2Cl)n1. The number of aromatic nitrogens is 4. The van der Waals surface area contributed by atoms with Crippen LogP contribution in [0.1, 0.15) is 17.0 Å². The minimum absolute atomic E-state index is 0.00694. The van der Waals surface area contributed by atoms with E-state index in [4.69, 9.17) is 16.3 Å². The second-order valence-corrected chi connectivity index (χ2v) is 8.60. The van der Waals surface area contributed by atoms with Gasteiger partial charge in [0, 0.05) is 24.0 Å². The molecule has 0 aliphatic carbocycles. The van der Waals surface area contributed by atoms with E-state index >= 15 is 0 Å². The van der Waals surface area contributed by atoms with Gasteiger partial charge < -0.3 is 4.74 Å². The van der Waals surface area contributed by atoms with Gasteiger partial charge in [-0.2, -0.15) is 5.10 Å². The maximum absolute atomic E-state index is 13.5. The second-order valence-electron chi connectivity index (χ2n) is 8.19. The van der Waals surface area contributed by atoms with Gasteiger partial charge in [-0.15, -0.1) is 0 Å². The molecule has 0 fully saturated rings. The molecule has 0 unspecified atom stereocenters. The van der Waals surface area contributed by atoms with Gasteiger partial charge in [0.15, 0.2) is 11.4 Å². The summed E-state index contributed by atoms with van der Waals surface area (Å²) in [6, 6.07) is 18.7. The van der Waals surface area contributed by atoms with Gasteiger partial charge in [0.2, 0.25) is 0 Å². The van der Waals surface area contributed by atoms with Crippen LogP contribution in [0.25, 0.3) is 22.6 Å². The van der Waals surface area contributed by atoms with Crippen molar-refractivity contribution < 1.29 is 9.66 Å². The lowest BCUT2D eigenvalue weighted by molar-refractivity contribution is -0.384. The molecule has 0 amide bonds. The Morgan fingerprint density at radius 1 is 1.06 bits per heavy atom. The van der Waals surface area contributed by atoms with Crippen molar-refractivity contribution in [3.8, 4) is 22.7 Å². The molecule has 0 N–H and O–H groups in total. The molecule has 0 saturated heterocycles. The first-order valence-electron chi connectivity index (χ1n) is 11.0. The summed E-state index contributed by atoms with van der Waals surface area (Å²) in [5.41, 5.74) is 3.78. The molecule has 5 rings (SSSR count). The van der Waals surface area contributed by atoms with Crippen molar-refractivity contribution in [2.45, 2.75) is 20.5 Å². The third-order valence-electron chi connectivity index (χ3n) is 5.77. The third-order valence-corrected chi connectivity index (χ3v) is 6.08. The molecule has 2 aromatic carbocycles. The van der Waals surface area contributed by atoms with Crippen LogP contribution in [0, 0.1) is 24.0 Å². The molecule has 0 aliphatic rings. The van der Waals surface area contributed by atoms with Crippen molar-refractivity contribution in [2.24, 2.45) is 0 Å². The van der Waals surface area contributed by atoms with E-state index in [2.05, 4.69) is 10.1 Å². The number of para-hydroxylation sites is 1. The van der Waals surface area contributed by atoms with Crippen molar-refractivity contribution in [2.75, 3.05) is 0 Å². The van der Waals surface area contributed by atoms with Crippen LogP contribution < -0.4 is 10.3 Å². The van der Waals surface area contributed by atoms with Crippen molar-refractivity contribution in [1.29, 1.82) is 0 Å². The molecule has 5 aromatic rings. The van der Waals surface area contributed by atoms with Crippen LogP contribution in [-0.2, 0) is 6.61 Å². The number of rotatable bonds is 6. The number of aryl methyl sites for hydroxylation is 2. The highest BCUT2D eigenvalue weighted by molar-refractivity contribution is 6.32. The molecule has 3 aromatic heterocycles. The number of pyridine rings is 1. The van der Waals surface area contributed by atoms with Gasteiger partial charge in [0.05, 0.1) is 26.9 Å². The van der Waals surface area contributed by atoms with Gasteiger partial charge in [-0.05, 0) is 61.9 Å². The van der Waals surface area contributed by atoms with E-state index in [0.717, 1.165) is 16.9 Å². The number of benzene rings is 2. The molecular weight excluding hydrogens is 482 g/mol. The van der Waals surface area contributed by atoms with Gasteiger partial charge in [-0.25, -0.2) is 9.67 Å². The molecule has 36 heavy (non-hydrogen) atoms. The van der Waals surface area contributed by atoms with Crippen molar-refractivity contribution in [3.63, 3.8) is 0 Å². The van der Waals surface area contributed by atoms with Gasteiger partial charge in [0.1, 0.15) is 12.3 Å². The lowest BCUT2D eigenvalue weighted by Gasteiger charge is -2.11. The molecule has 0 saturated carbocycles. The molecule has 0 spiro atoms. The van der Waals surface area contributed by atoms with Crippen LogP contribution in [0.3, 0.4) is 0 Å². The van der Waals surface area contributed by atoms with E-state index < -0.39 is 4.92 Å². The van der Waals surface area contributed by atoms with Gasteiger partial charge in [0.25, 0.3) is 11.2 Å². The van der Waals surface area contributed by atoms with E-state index in [1.165, 1.54) is 16.5 Å². The summed E-state index contributed by atoms with van der Waals surface area (Å²) in [6.07, 6.45) is 1.63. The summed E-state index contributed by atoms with van der Waals surface area (Å²) in [5, 5.41) is 16.1. The quantitative estimate of drug-likeness (QED) is 0.231. The maximum atomic E-state index is 13.5. The Morgan fingerprint density at radius 3 is 2.53 bits per heavy atom. The van der Waals surface area contributed by atoms with Gasteiger partial charge in [-0.1, -0.05) is 23.7 Å². The minimum Gasteiger partial charge on any atom is -0.485 e. The number of non-ortho nitro benzene ring substituents is 1. The topological polar surface area (TPSA) is 105 Å². The molecule has 9 nitrogen and oxygen atoms in total. The Labute approximate surface area is 210 Å². The molecular formula is C26H20ClN5O4. The first-order chi connectivity index (χ1) is 17.3. The zero-order valence-corrected chi connectivity index (χ0v) is 20.1. The fraction of sp³-hybridized carbons (Fsp3) is 0.115. The Balaban J connectivity index is 1.51. The maximum Gasteiger partial charge on any atom is 0.269 e. The van der Waals surface area contributed by atoms with Crippen molar-refractivity contribution >= 4 is 22.9 Å². The van der Waals surface area contributed by atoms with Gasteiger partial charge >= 0.3 is 0 Å². The molecule has 3 heterocycles. The molecule has 0 atom stereocenters. The zero-order valence-electron chi connectivity index (χ0n) is 19.4. The number of hydrogen-bond acceptors (Lipinski definition) is 6. The third kappa shape index (κ3) is 4.20. The Morgan fingerprint density at radius 2 is 1.81 bits per heavy atom. The highest BCUT2D eigenvalue weighted by atomic mass is 35.5. The first kappa shape index (κ1) is 23.3. The Hall–Kier alpha value is -4.50. The van der Waals surface area contributed by atoms with Crippen LogP contribution in [0.5, 0.6) is 5.75 Å². The monoisotopic (exact) mass is 501 g/mol. The number of fused-ring (bicyclic) bond motifs is 1. The lowest BCUT2D eigenvalue weighted by atomic mass is 10.1. The summed E-state index contributed by atoms with van der Waals surface area (Å²) >= 11 is 6.36. The predicted octanol–water partition coefficient (Wildman–Crippen LogP) is 5.30. The highest BCUT2D eigenvalue weighted by Crippen LogP contribution is 2.26. The normalized spacial score (nSPS) is 11.1. The van der Waals surface area contributed by atoms with E-state index in [0.29, 0.717) is 33.4 Å². The minimum atomic E-state index is -0.453. The van der Waals surface area contributed by atoms with Crippen LogP contribution in [0.4, 0.5) is 5.69 Å². The first-order valence-corrected chi connectivity index (χ1v) is 11.4. The summed E-state index contributed by atoms with van der Waals surface area (Å²) in [7, 11) is 0. The Bertz CT molecular complexity index is 1670. The highest BCUT2D eigenvalue weighted by Gasteiger charge is 2.19. The van der Waals surface area contributed by atoms with Crippen molar-refractivity contribution in [1.82, 2.24) is 19.2 Å². The smallest absolute Gasteiger partial charge is 0.269 e. The van der Waals surface area contributed by atoms with E-state index in [9.17, 15) is 14.9 Å². The Kier molecular flexibility index (Phi) is 5.99. The lowest BCUT2D eigenvalue weighted by Crippen LogP contribution is -2.19. The average Bonchev–Trinajstić information content (AvgIpc) is 3.24. The molecule has 0 aliphatic heterocycles. The van der Waals surface area contributed by atoms with Gasteiger partial charge in [-0.3, -0.25) is 19.3 Å². The average molecular weight is 502 g/mol. The number of hydrogen-bond donors (Lipinski definition) is 0. The zero-order chi connectivity index (χ0) is 25.4. The van der Waals surface area contributed by atoms with Crippen LogP contribution in [0.15, 0.2) is 77.7 Å². The number of nitro benzene ring substituents is 1.